The molecule has 29 heavy (non-hydrogen) atoms. The third-order valence-corrected chi connectivity index (χ3v) is 10.4. The number of hydrogen-bond acceptors (Lipinski definition) is 2. The van der Waals surface area contributed by atoms with Gasteiger partial charge in [-0.15, -0.1) is 0 Å². The minimum absolute atomic E-state index is 0.0355. The second kappa shape index (κ2) is 7.09. The van der Waals surface area contributed by atoms with Gasteiger partial charge in [-0.2, -0.15) is 0 Å². The van der Waals surface area contributed by atoms with Crippen molar-refractivity contribution in [3.05, 3.63) is 11.6 Å². The van der Waals surface area contributed by atoms with E-state index < -0.39 is 5.60 Å². The molecule has 0 saturated heterocycles. The molecule has 3 fully saturated rings. The van der Waals surface area contributed by atoms with E-state index in [0.717, 1.165) is 48.9 Å². The number of fused-ring (bicyclic) bond motifs is 5. The van der Waals surface area contributed by atoms with Gasteiger partial charge in [-0.05, 0) is 125 Å². The van der Waals surface area contributed by atoms with Crippen molar-refractivity contribution in [1.29, 1.82) is 0 Å². The van der Waals surface area contributed by atoms with E-state index in [2.05, 4.69) is 40.7 Å². The summed E-state index contributed by atoms with van der Waals surface area (Å²) in [6.07, 6.45) is 15.0. The normalized spacial score (nSPS) is 48.3. The number of allylic oxidation sites excluding steroid dienone is 1. The molecule has 3 N–H and O–H groups in total. The fourth-order valence-electron chi connectivity index (χ4n) is 8.58. The first-order valence-corrected chi connectivity index (χ1v) is 12.6. The Labute approximate surface area is 180 Å². The maximum Gasteiger partial charge on any atom is 0.0657 e. The summed E-state index contributed by atoms with van der Waals surface area (Å²) in [4.78, 5) is 0. The van der Waals surface area contributed by atoms with Crippen molar-refractivity contribution < 1.29 is 5.11 Å². The minimum Gasteiger partial charge on any atom is -0.390 e. The average Bonchev–Trinajstić information content (AvgIpc) is 2.97. The van der Waals surface area contributed by atoms with E-state index >= 15 is 0 Å². The van der Waals surface area contributed by atoms with Gasteiger partial charge in [-0.3, -0.25) is 0 Å². The van der Waals surface area contributed by atoms with Crippen molar-refractivity contribution in [1.82, 2.24) is 0 Å². The summed E-state index contributed by atoms with van der Waals surface area (Å²) >= 11 is 0. The number of rotatable bonds is 4. The zero-order chi connectivity index (χ0) is 21.2. The molecular formula is C27H47NO. The summed E-state index contributed by atoms with van der Waals surface area (Å²) in [5, 5.41) is 10.7. The lowest BCUT2D eigenvalue weighted by Gasteiger charge is -2.59. The molecule has 0 bridgehead atoms. The zero-order valence-electron chi connectivity index (χ0n) is 20.1. The molecule has 3 saturated carbocycles. The van der Waals surface area contributed by atoms with Crippen LogP contribution in [0.2, 0.25) is 0 Å². The van der Waals surface area contributed by atoms with Crippen LogP contribution in [0.15, 0.2) is 11.6 Å². The van der Waals surface area contributed by atoms with Crippen molar-refractivity contribution in [3.8, 4) is 0 Å². The van der Waals surface area contributed by atoms with Gasteiger partial charge in [-0.1, -0.05) is 32.4 Å². The van der Waals surface area contributed by atoms with Gasteiger partial charge in [0.25, 0.3) is 0 Å². The third kappa shape index (κ3) is 3.75. The Morgan fingerprint density at radius 2 is 1.83 bits per heavy atom. The Kier molecular flexibility index (Phi) is 5.35. The largest absolute Gasteiger partial charge is 0.390 e. The van der Waals surface area contributed by atoms with Gasteiger partial charge >= 0.3 is 0 Å². The molecule has 0 amide bonds. The number of aliphatic hydroxyl groups is 1. The van der Waals surface area contributed by atoms with Crippen molar-refractivity contribution in [2.45, 2.75) is 117 Å². The molecule has 0 heterocycles. The Balaban J connectivity index is 1.53. The second-order valence-corrected chi connectivity index (χ2v) is 13.2. The molecule has 0 aliphatic heterocycles. The van der Waals surface area contributed by atoms with E-state index in [9.17, 15) is 5.11 Å². The Morgan fingerprint density at radius 1 is 1.10 bits per heavy atom. The summed E-state index contributed by atoms with van der Waals surface area (Å²) in [5.41, 5.74) is 8.26. The van der Waals surface area contributed by atoms with Crippen LogP contribution >= 0.6 is 0 Å². The molecule has 4 rings (SSSR count). The zero-order valence-corrected chi connectivity index (χ0v) is 20.1. The van der Waals surface area contributed by atoms with Gasteiger partial charge < -0.3 is 10.8 Å². The molecule has 8 atom stereocenters. The van der Waals surface area contributed by atoms with Crippen LogP contribution in [-0.2, 0) is 0 Å². The first kappa shape index (κ1) is 21.9. The first-order chi connectivity index (χ1) is 13.4. The van der Waals surface area contributed by atoms with E-state index in [0.29, 0.717) is 10.8 Å². The highest BCUT2D eigenvalue weighted by Crippen LogP contribution is 2.67. The third-order valence-electron chi connectivity index (χ3n) is 10.4. The Bertz CT molecular complexity index is 658. The molecule has 0 aromatic heterocycles. The van der Waals surface area contributed by atoms with Crippen LogP contribution < -0.4 is 5.73 Å². The molecule has 166 valence electrons. The highest BCUT2D eigenvalue weighted by atomic mass is 16.3. The van der Waals surface area contributed by atoms with Crippen molar-refractivity contribution in [2.24, 2.45) is 46.2 Å². The monoisotopic (exact) mass is 401 g/mol. The van der Waals surface area contributed by atoms with Gasteiger partial charge in [0.1, 0.15) is 0 Å². The summed E-state index contributed by atoms with van der Waals surface area (Å²) in [6.45, 7) is 14.1. The standard InChI is InChI=1S/C27H47NO/c1-18(11-13-24(2,3)28)21-9-10-22-20-8-7-19-17-25(4,29)15-16-26(19,5)23(20)12-14-27(21,22)6/h7,18,20-23,29H,8-17,28H2,1-6H3/t18-,20?,21?,22?,23?,25+,26?,27?/m1/s1. The minimum atomic E-state index is -0.480. The highest BCUT2D eigenvalue weighted by Gasteiger charge is 2.59. The molecule has 0 aromatic carbocycles. The van der Waals surface area contributed by atoms with Crippen LogP contribution in [0.3, 0.4) is 0 Å². The van der Waals surface area contributed by atoms with Gasteiger partial charge in [0.15, 0.2) is 0 Å². The Morgan fingerprint density at radius 3 is 2.52 bits per heavy atom. The molecule has 0 radical (unpaired) electrons. The quantitative estimate of drug-likeness (QED) is 0.530. The van der Waals surface area contributed by atoms with Gasteiger partial charge in [0, 0.05) is 5.54 Å². The van der Waals surface area contributed by atoms with Crippen LogP contribution in [0.25, 0.3) is 0 Å². The van der Waals surface area contributed by atoms with Crippen LogP contribution in [-0.4, -0.2) is 16.2 Å². The second-order valence-electron chi connectivity index (χ2n) is 13.2. The van der Waals surface area contributed by atoms with E-state index in [4.69, 9.17) is 5.73 Å². The fourth-order valence-corrected chi connectivity index (χ4v) is 8.58. The van der Waals surface area contributed by atoms with Crippen LogP contribution in [0.5, 0.6) is 0 Å². The molecule has 2 nitrogen and oxygen atoms in total. The fraction of sp³-hybridized carbons (Fsp3) is 0.926. The van der Waals surface area contributed by atoms with E-state index in [1.807, 2.05) is 6.92 Å². The summed E-state index contributed by atoms with van der Waals surface area (Å²) < 4.78 is 0. The number of nitrogens with two attached hydrogens (primary N) is 1. The molecule has 2 heteroatoms. The smallest absolute Gasteiger partial charge is 0.0657 e. The van der Waals surface area contributed by atoms with E-state index in [1.165, 1.54) is 44.9 Å². The first-order valence-electron chi connectivity index (χ1n) is 12.6. The van der Waals surface area contributed by atoms with Crippen LogP contribution in [0.1, 0.15) is 106 Å². The molecule has 0 aromatic rings. The van der Waals surface area contributed by atoms with Crippen LogP contribution in [0, 0.1) is 40.4 Å². The van der Waals surface area contributed by atoms with Crippen LogP contribution in [0.4, 0.5) is 0 Å². The number of hydrogen-bond donors (Lipinski definition) is 2. The average molecular weight is 402 g/mol. The van der Waals surface area contributed by atoms with Crippen molar-refractivity contribution >= 4 is 0 Å². The van der Waals surface area contributed by atoms with E-state index in [-0.39, 0.29) is 5.54 Å². The van der Waals surface area contributed by atoms with Gasteiger partial charge in [-0.25, -0.2) is 0 Å². The molecule has 4 aliphatic rings. The van der Waals surface area contributed by atoms with Gasteiger partial charge in [0.05, 0.1) is 5.60 Å². The predicted octanol–water partition coefficient (Wildman–Crippen LogP) is 6.47. The maximum absolute atomic E-state index is 10.7. The molecule has 4 aliphatic carbocycles. The highest BCUT2D eigenvalue weighted by molar-refractivity contribution is 5.26. The summed E-state index contributed by atoms with van der Waals surface area (Å²) in [7, 11) is 0. The lowest BCUT2D eigenvalue weighted by Crippen LogP contribution is -2.52. The summed E-state index contributed by atoms with van der Waals surface area (Å²) in [6, 6.07) is 0. The van der Waals surface area contributed by atoms with Crippen molar-refractivity contribution in [3.63, 3.8) is 0 Å². The lowest BCUT2D eigenvalue weighted by molar-refractivity contribution is -0.0706. The van der Waals surface area contributed by atoms with E-state index in [1.54, 1.807) is 5.57 Å². The van der Waals surface area contributed by atoms with Crippen molar-refractivity contribution in [2.75, 3.05) is 0 Å². The maximum atomic E-state index is 10.7. The predicted molar refractivity (Wildman–Crippen MR) is 122 cm³/mol. The SMILES string of the molecule is C[C@H](CCC(C)(C)N)C1CCC2C3CC=C4C[C@@](C)(O)CCC4(C)C3CCC21C. The topological polar surface area (TPSA) is 46.2 Å². The molecule has 0 spiro atoms. The lowest BCUT2D eigenvalue weighted by atomic mass is 9.46. The Hall–Kier alpha value is -0.340. The molecular weight excluding hydrogens is 354 g/mol. The van der Waals surface area contributed by atoms with Gasteiger partial charge in [0.2, 0.25) is 0 Å². The summed E-state index contributed by atoms with van der Waals surface area (Å²) in [5.74, 6) is 4.28. The molecule has 6 unspecified atom stereocenters.